The van der Waals surface area contributed by atoms with Crippen LogP contribution < -0.4 is 0 Å². The molecule has 4 nitrogen and oxygen atoms in total. The van der Waals surface area contributed by atoms with E-state index in [-0.39, 0.29) is 12.6 Å². The molecule has 0 atom stereocenters. The lowest BCUT2D eigenvalue weighted by atomic mass is 10.3. The molecule has 0 saturated heterocycles. The lowest BCUT2D eigenvalue weighted by Gasteiger charge is -2.23. The summed E-state index contributed by atoms with van der Waals surface area (Å²) in [6, 6.07) is -0.0371. The molecule has 0 aromatic carbocycles. The predicted molar refractivity (Wildman–Crippen MR) is 53.7 cm³/mol. The molecular formula is C10H17NO3. The molecule has 0 aliphatic carbocycles. The molecule has 14 heavy (non-hydrogen) atoms. The Morgan fingerprint density at radius 1 is 1.50 bits per heavy atom. The van der Waals surface area contributed by atoms with Gasteiger partial charge in [-0.1, -0.05) is 6.08 Å². The van der Waals surface area contributed by atoms with Gasteiger partial charge < -0.3 is 9.64 Å². The third-order valence-corrected chi connectivity index (χ3v) is 1.66. The van der Waals surface area contributed by atoms with Crippen LogP contribution in [0.2, 0.25) is 0 Å². The largest absolute Gasteiger partial charge is 0.459 e. The summed E-state index contributed by atoms with van der Waals surface area (Å²) >= 11 is 0. The van der Waals surface area contributed by atoms with E-state index < -0.39 is 11.9 Å². The molecule has 0 aromatic rings. The molecular weight excluding hydrogens is 182 g/mol. The van der Waals surface area contributed by atoms with E-state index in [0.717, 1.165) is 0 Å². The number of esters is 1. The smallest absolute Gasteiger partial charge is 0.397 e. The van der Waals surface area contributed by atoms with E-state index >= 15 is 0 Å². The van der Waals surface area contributed by atoms with Gasteiger partial charge in [0.1, 0.15) is 0 Å². The first-order valence-electron chi connectivity index (χ1n) is 4.63. The standard InChI is InChI=1S/C10H17NO3/c1-5-7-11(8(3)4)9(12)10(13)14-6-2/h5,8H,1,6-7H2,2-4H3. The maximum Gasteiger partial charge on any atom is 0.397 e. The Morgan fingerprint density at radius 2 is 2.07 bits per heavy atom. The molecule has 0 aliphatic rings. The maximum atomic E-state index is 11.5. The van der Waals surface area contributed by atoms with Gasteiger partial charge in [0.2, 0.25) is 0 Å². The zero-order chi connectivity index (χ0) is 11.1. The lowest BCUT2D eigenvalue weighted by Crippen LogP contribution is -2.42. The number of carbonyl (C=O) groups excluding carboxylic acids is 2. The summed E-state index contributed by atoms with van der Waals surface area (Å²) in [5.74, 6) is -1.41. The first-order valence-corrected chi connectivity index (χ1v) is 4.63. The molecule has 0 N–H and O–H groups in total. The Bertz CT molecular complexity index is 223. The fourth-order valence-corrected chi connectivity index (χ4v) is 0.977. The van der Waals surface area contributed by atoms with Crippen LogP contribution >= 0.6 is 0 Å². The van der Waals surface area contributed by atoms with E-state index in [4.69, 9.17) is 0 Å². The van der Waals surface area contributed by atoms with Crippen LogP contribution in [-0.2, 0) is 14.3 Å². The molecule has 80 valence electrons. The molecule has 0 unspecified atom stereocenters. The van der Waals surface area contributed by atoms with E-state index in [2.05, 4.69) is 11.3 Å². The van der Waals surface area contributed by atoms with Crippen LogP contribution in [0.1, 0.15) is 20.8 Å². The van der Waals surface area contributed by atoms with Gasteiger partial charge in [-0.15, -0.1) is 6.58 Å². The number of nitrogens with zero attached hydrogens (tertiary/aromatic N) is 1. The van der Waals surface area contributed by atoms with Crippen molar-refractivity contribution in [1.82, 2.24) is 4.90 Å². The first kappa shape index (κ1) is 12.7. The Morgan fingerprint density at radius 3 is 2.43 bits per heavy atom. The summed E-state index contributed by atoms with van der Waals surface area (Å²) in [5.41, 5.74) is 0. The number of hydrogen-bond donors (Lipinski definition) is 0. The van der Waals surface area contributed by atoms with Gasteiger partial charge in [0, 0.05) is 12.6 Å². The second-order valence-corrected chi connectivity index (χ2v) is 3.06. The number of hydrogen-bond acceptors (Lipinski definition) is 3. The molecule has 0 aliphatic heterocycles. The Balaban J connectivity index is 4.42. The molecule has 0 saturated carbocycles. The quantitative estimate of drug-likeness (QED) is 0.385. The summed E-state index contributed by atoms with van der Waals surface area (Å²) in [7, 11) is 0. The van der Waals surface area contributed by atoms with Crippen LogP contribution in [0.4, 0.5) is 0 Å². The molecule has 0 radical (unpaired) electrons. The second-order valence-electron chi connectivity index (χ2n) is 3.06. The monoisotopic (exact) mass is 199 g/mol. The maximum absolute atomic E-state index is 11.5. The second kappa shape index (κ2) is 6.18. The minimum absolute atomic E-state index is 0.0371. The molecule has 0 heterocycles. The third kappa shape index (κ3) is 3.60. The number of amides is 1. The van der Waals surface area contributed by atoms with Gasteiger partial charge in [-0.05, 0) is 20.8 Å². The predicted octanol–water partition coefficient (Wildman–Crippen LogP) is 0.972. The van der Waals surface area contributed by atoms with Crippen LogP contribution in [-0.4, -0.2) is 36.0 Å². The van der Waals surface area contributed by atoms with Crippen LogP contribution in [0.3, 0.4) is 0 Å². The molecule has 0 rings (SSSR count). The van der Waals surface area contributed by atoms with Crippen molar-refractivity contribution in [1.29, 1.82) is 0 Å². The van der Waals surface area contributed by atoms with Crippen molar-refractivity contribution in [3.8, 4) is 0 Å². The van der Waals surface area contributed by atoms with Crippen molar-refractivity contribution in [2.75, 3.05) is 13.2 Å². The lowest BCUT2D eigenvalue weighted by molar-refractivity contribution is -0.160. The molecule has 0 spiro atoms. The fraction of sp³-hybridized carbons (Fsp3) is 0.600. The van der Waals surface area contributed by atoms with Gasteiger partial charge in [0.15, 0.2) is 0 Å². The molecule has 0 bridgehead atoms. The summed E-state index contributed by atoms with van der Waals surface area (Å²) in [6.45, 7) is 9.43. The van der Waals surface area contributed by atoms with Crippen molar-refractivity contribution < 1.29 is 14.3 Å². The Kier molecular flexibility index (Phi) is 5.60. The van der Waals surface area contributed by atoms with Crippen LogP contribution in [0.15, 0.2) is 12.7 Å². The van der Waals surface area contributed by atoms with E-state index in [1.54, 1.807) is 13.0 Å². The van der Waals surface area contributed by atoms with Gasteiger partial charge in [0.05, 0.1) is 6.61 Å². The van der Waals surface area contributed by atoms with Crippen molar-refractivity contribution in [2.45, 2.75) is 26.8 Å². The zero-order valence-electron chi connectivity index (χ0n) is 8.95. The van der Waals surface area contributed by atoms with E-state index in [1.165, 1.54) is 4.90 Å². The van der Waals surface area contributed by atoms with Crippen molar-refractivity contribution in [3.05, 3.63) is 12.7 Å². The van der Waals surface area contributed by atoms with Gasteiger partial charge >= 0.3 is 11.9 Å². The number of ether oxygens (including phenoxy) is 1. The van der Waals surface area contributed by atoms with Gasteiger partial charge in [-0.2, -0.15) is 0 Å². The number of carbonyl (C=O) groups is 2. The highest BCUT2D eigenvalue weighted by atomic mass is 16.5. The molecule has 0 aromatic heterocycles. The average molecular weight is 199 g/mol. The van der Waals surface area contributed by atoms with Gasteiger partial charge in [-0.3, -0.25) is 4.79 Å². The Labute approximate surface area is 84.5 Å². The Hall–Kier alpha value is -1.32. The number of rotatable bonds is 4. The van der Waals surface area contributed by atoms with Crippen molar-refractivity contribution in [2.24, 2.45) is 0 Å². The normalized spacial score (nSPS) is 9.71. The van der Waals surface area contributed by atoms with E-state index in [0.29, 0.717) is 6.54 Å². The summed E-state index contributed by atoms with van der Waals surface area (Å²) in [5, 5.41) is 0. The minimum atomic E-state index is -0.803. The van der Waals surface area contributed by atoms with E-state index in [9.17, 15) is 9.59 Å². The molecule has 0 fully saturated rings. The van der Waals surface area contributed by atoms with Gasteiger partial charge in [-0.25, -0.2) is 4.79 Å². The summed E-state index contributed by atoms with van der Waals surface area (Å²) in [6.07, 6.45) is 1.58. The highest BCUT2D eigenvalue weighted by molar-refractivity contribution is 6.32. The van der Waals surface area contributed by atoms with Crippen LogP contribution in [0.25, 0.3) is 0 Å². The summed E-state index contributed by atoms with van der Waals surface area (Å²) < 4.78 is 4.62. The zero-order valence-corrected chi connectivity index (χ0v) is 8.95. The first-order chi connectivity index (χ1) is 6.54. The highest BCUT2D eigenvalue weighted by Crippen LogP contribution is 2.00. The SMILES string of the molecule is C=CCN(C(=O)C(=O)OCC)C(C)C. The van der Waals surface area contributed by atoms with E-state index in [1.807, 2.05) is 13.8 Å². The molecule has 1 amide bonds. The minimum Gasteiger partial charge on any atom is -0.459 e. The summed E-state index contributed by atoms with van der Waals surface area (Å²) in [4.78, 5) is 24.0. The van der Waals surface area contributed by atoms with Crippen molar-refractivity contribution >= 4 is 11.9 Å². The molecule has 4 heteroatoms. The van der Waals surface area contributed by atoms with Crippen LogP contribution in [0, 0.1) is 0 Å². The van der Waals surface area contributed by atoms with Crippen LogP contribution in [0.5, 0.6) is 0 Å². The third-order valence-electron chi connectivity index (χ3n) is 1.66. The fourth-order valence-electron chi connectivity index (χ4n) is 0.977. The van der Waals surface area contributed by atoms with Crippen molar-refractivity contribution in [3.63, 3.8) is 0 Å². The average Bonchev–Trinajstić information content (AvgIpc) is 2.13. The topological polar surface area (TPSA) is 46.6 Å². The van der Waals surface area contributed by atoms with Gasteiger partial charge in [0.25, 0.3) is 0 Å². The highest BCUT2D eigenvalue weighted by Gasteiger charge is 2.23.